The number of azo groups is 2. The van der Waals surface area contributed by atoms with Crippen LogP contribution < -0.4 is 16.1 Å². The number of aromatic nitrogens is 6. The van der Waals surface area contributed by atoms with Gasteiger partial charge in [-0.1, -0.05) is 54.6 Å². The highest BCUT2D eigenvalue weighted by Crippen LogP contribution is 2.49. The second kappa shape index (κ2) is 27.9. The fraction of sp³-hybridized carbons (Fsp3) is 0. The smallest absolute Gasteiger partial charge is 0.296 e. The third-order valence-corrected chi connectivity index (χ3v) is 19.5. The lowest BCUT2D eigenvalue weighted by atomic mass is 10.1. The van der Waals surface area contributed by atoms with Crippen LogP contribution in [0.5, 0.6) is 11.5 Å². The summed E-state index contributed by atoms with van der Waals surface area (Å²) < 4.78 is 214. The van der Waals surface area contributed by atoms with Crippen LogP contribution in [0, 0.1) is 0 Å². The number of aromatic hydroxyl groups is 2. The van der Waals surface area contributed by atoms with E-state index in [-0.39, 0.29) is 40.1 Å². The van der Waals surface area contributed by atoms with Crippen LogP contribution in [0.15, 0.2) is 234 Å². The average molecular weight is 1560 g/mol. The lowest BCUT2D eigenvalue weighted by molar-refractivity contribution is 0.471. The van der Waals surface area contributed by atoms with Gasteiger partial charge in [-0.25, -0.2) is 24.9 Å². The van der Waals surface area contributed by atoms with Crippen molar-refractivity contribution in [2.45, 2.75) is 29.4 Å². The molecule has 0 unspecified atom stereocenters. The summed E-state index contributed by atoms with van der Waals surface area (Å²) in [6.45, 7) is 0. The summed E-state index contributed by atoms with van der Waals surface area (Å²) in [4.78, 5) is 33.7. The normalized spacial score (nSPS) is 13.4. The molecule has 9 aromatic carbocycles. The fourth-order valence-corrected chi connectivity index (χ4v) is 13.5. The van der Waals surface area contributed by atoms with Gasteiger partial charge in [0.2, 0.25) is 45.5 Å². The summed E-state index contributed by atoms with van der Waals surface area (Å²) in [6.07, 6.45) is 0. The number of aliphatic imine (C=N–C) groups is 2. The molecule has 2 aromatic heterocycles. The van der Waals surface area contributed by atoms with Crippen molar-refractivity contribution in [3.63, 3.8) is 0 Å². The molecule has 12 N–H and O–H groups in total. The molecule has 0 spiro atoms. The fourth-order valence-electron chi connectivity index (χ4n) is 9.62. The number of aromatic amines is 2. The number of nitrogens with one attached hydrogen (secondary N) is 2. The lowest BCUT2D eigenvalue weighted by Gasteiger charge is -2.21. The Labute approximate surface area is 587 Å². The highest BCUT2D eigenvalue weighted by Gasteiger charge is 2.30. The van der Waals surface area contributed by atoms with Gasteiger partial charge in [-0.3, -0.25) is 37.3 Å². The van der Waals surface area contributed by atoms with Gasteiger partial charge in [0.15, 0.2) is 11.5 Å². The second-order valence-electron chi connectivity index (χ2n) is 20.8. The van der Waals surface area contributed by atoms with E-state index in [1.165, 1.54) is 65.6 Å². The van der Waals surface area contributed by atoms with Crippen LogP contribution >= 0.6 is 23.2 Å². The molecule has 0 bridgehead atoms. The standard InChI is InChI=1S/C58H39Cl2N15O22S6/c59-53-65-55(61-32-16-18-41(100(86,87)88)37(24-32)71-73-47-43(102(92,93)94)22-30-20-35(98(80,81)82)26-39(45(30)49(47)76)63-51(78)28-10-4-1-5-11-28)69-57(67-53)75(34-14-8-3-9-15-34)58-68-54(60)66-56(70-58)62-33-17-19-42(101(89,90)91)38(25-33)72-74-48-44(103(95,96)97)23-31-21-36(99(83,84)85)27-40(46(31)50(48)77)64-52(79)29-12-6-2-7-13-29/h1-27,76-77H,(H,63,78)(H,64,79)(H,80,81,82)(H,83,84,85)(H,86,87,88)(H,89,90,91)(H,92,93,94)(H,95,96,97)(H,61,65,67,69)(H,62,66,68,70). The zero-order chi connectivity index (χ0) is 74.5. The number of phenolic OH excluding ortho intramolecular Hbond substituents is 2. The highest BCUT2D eigenvalue weighted by atomic mass is 35.5. The third-order valence-electron chi connectivity index (χ3n) is 14.0. The van der Waals surface area contributed by atoms with Crippen molar-refractivity contribution < 1.29 is 98.2 Å². The first-order valence-electron chi connectivity index (χ1n) is 27.8. The zero-order valence-corrected chi connectivity index (χ0v) is 56.9. The predicted molar refractivity (Wildman–Crippen MR) is 363 cm³/mol. The monoisotopic (exact) mass is 1560 g/mol. The number of benzene rings is 9. The molecular formula is C58H39Cl2N15O22S6. The summed E-state index contributed by atoms with van der Waals surface area (Å²) in [7, 11) is -31.9. The van der Waals surface area contributed by atoms with E-state index in [1.54, 1.807) is 30.3 Å². The minimum absolute atomic E-state index is 0.0523. The summed E-state index contributed by atoms with van der Waals surface area (Å²) in [5.41, 5.74) is -6.51. The summed E-state index contributed by atoms with van der Waals surface area (Å²) >= 11 is 13.0. The molecule has 0 aliphatic heterocycles. The molecule has 0 atom stereocenters. The van der Waals surface area contributed by atoms with Gasteiger partial charge in [-0.05, 0) is 143 Å². The van der Waals surface area contributed by atoms with Gasteiger partial charge in [0, 0.05) is 11.1 Å². The van der Waals surface area contributed by atoms with Gasteiger partial charge in [-0.15, -0.1) is 20.5 Å². The Balaban J connectivity index is 1.00. The quantitative estimate of drug-likeness (QED) is 0.0155. The van der Waals surface area contributed by atoms with Crippen LogP contribution in [0.1, 0.15) is 11.1 Å². The van der Waals surface area contributed by atoms with Crippen molar-refractivity contribution in [1.82, 2.24) is 29.9 Å². The number of halogens is 2. The number of aliphatic hydroxyl groups is 2. The molecule has 0 amide bonds. The van der Waals surface area contributed by atoms with Crippen molar-refractivity contribution in [1.29, 1.82) is 0 Å². The van der Waals surface area contributed by atoms with E-state index in [0.29, 0.717) is 36.4 Å². The van der Waals surface area contributed by atoms with E-state index in [1.807, 2.05) is 0 Å². The van der Waals surface area contributed by atoms with Crippen LogP contribution in [-0.4, -0.2) is 140 Å². The third kappa shape index (κ3) is 16.4. The topological polar surface area (TPSA) is 592 Å². The van der Waals surface area contributed by atoms with Crippen molar-refractivity contribution in [2.24, 2.45) is 40.4 Å². The van der Waals surface area contributed by atoms with Crippen LogP contribution in [0.2, 0.25) is 10.6 Å². The van der Waals surface area contributed by atoms with Crippen molar-refractivity contribution in [2.75, 3.05) is 4.90 Å². The van der Waals surface area contributed by atoms with E-state index in [9.17, 15) is 98.2 Å². The Morgan fingerprint density at radius 3 is 1.08 bits per heavy atom. The zero-order valence-electron chi connectivity index (χ0n) is 50.5. The Hall–Kier alpha value is -11.3. The van der Waals surface area contributed by atoms with Crippen LogP contribution in [0.3, 0.4) is 0 Å². The molecule has 37 nitrogen and oxygen atoms in total. The molecule has 2 heterocycles. The average Bonchev–Trinajstić information content (AvgIpc) is 0.753. The molecule has 528 valence electrons. The number of phenols is 2. The van der Waals surface area contributed by atoms with E-state index < -0.39 is 191 Å². The largest absolute Gasteiger partial charge is 0.505 e. The maximum Gasteiger partial charge on any atom is 0.296 e. The van der Waals surface area contributed by atoms with Gasteiger partial charge in [0.1, 0.15) is 42.3 Å². The second-order valence-corrected chi connectivity index (χ2v) is 29.9. The number of H-pyrrole nitrogens is 2. The lowest BCUT2D eigenvalue weighted by Crippen LogP contribution is -2.26. The van der Waals surface area contributed by atoms with Gasteiger partial charge in [0.05, 0.1) is 49.0 Å². The van der Waals surface area contributed by atoms with Crippen LogP contribution in [0.4, 0.5) is 63.1 Å². The first kappa shape index (κ1) is 72.9. The first-order valence-corrected chi connectivity index (χ1v) is 37.2. The van der Waals surface area contributed by atoms with Crippen molar-refractivity contribution in [3.05, 3.63) is 197 Å². The van der Waals surface area contributed by atoms with Gasteiger partial charge >= 0.3 is 0 Å². The van der Waals surface area contributed by atoms with Crippen molar-refractivity contribution in [3.8, 4) is 11.5 Å². The summed E-state index contributed by atoms with van der Waals surface area (Å²) in [6, 6.07) is 31.5. The van der Waals surface area contributed by atoms with E-state index >= 15 is 0 Å². The Morgan fingerprint density at radius 2 is 0.738 bits per heavy atom. The number of fused-ring (bicyclic) bond motifs is 2. The van der Waals surface area contributed by atoms with E-state index in [2.05, 4.69) is 70.3 Å². The molecule has 0 saturated carbocycles. The predicted octanol–water partition coefficient (Wildman–Crippen LogP) is 10.5. The van der Waals surface area contributed by atoms with Gasteiger partial charge in [-0.2, -0.15) is 70.4 Å². The number of para-hydroxylation sites is 1. The number of hydrogen-bond donors (Lipinski definition) is 12. The van der Waals surface area contributed by atoms with Crippen LogP contribution in [0.25, 0.3) is 21.5 Å². The summed E-state index contributed by atoms with van der Waals surface area (Å²) in [5, 5.41) is 57.2. The van der Waals surface area contributed by atoms with Gasteiger partial charge < -0.3 is 20.4 Å². The molecule has 0 aliphatic rings. The maximum atomic E-state index is 12.9. The molecule has 0 aliphatic carbocycles. The molecule has 11 rings (SSSR count). The minimum Gasteiger partial charge on any atom is -0.505 e. The van der Waals surface area contributed by atoms with Crippen molar-refractivity contribution >= 4 is 180 Å². The molecule has 0 radical (unpaired) electrons. The number of aliphatic hydroxyl groups excluding tert-OH is 2. The van der Waals surface area contributed by atoms with E-state index in [0.717, 1.165) is 36.4 Å². The minimum atomic E-state index is -5.52. The van der Waals surface area contributed by atoms with E-state index in [4.69, 9.17) is 23.2 Å². The number of anilines is 3. The maximum absolute atomic E-state index is 12.9. The SMILES string of the molecule is O=S(=O)(O)c1cc(N=C(O)c2ccccc2)c2c(O)c(N=Nc3cc(N=c4nc(Cl)nc(N(c5ccccc5)c5nc(Cl)nc(=Nc6ccc(S(=O)(=O)O)c(N=Nc7c(S(=O)(=O)O)cc8cc(S(=O)(=O)O)cc(N=C(O)c9ccccc9)c8c7O)c6)[nH]5)[nH]4)ccc3S(=O)(=O)O)c(S(=O)(=O)O)cc2c1. The molecule has 11 aromatic rings. The summed E-state index contributed by atoms with van der Waals surface area (Å²) in [5.74, 6) is -4.67. The van der Waals surface area contributed by atoms with Gasteiger partial charge in [0.25, 0.3) is 60.7 Å². The molecule has 103 heavy (non-hydrogen) atoms. The molecule has 45 heteroatoms. The number of nitrogens with zero attached hydrogens (tertiary/aromatic N) is 13. The Bertz CT molecular complexity index is 6040. The van der Waals surface area contributed by atoms with Crippen LogP contribution in [-0.2, 0) is 60.7 Å². The molecular weight excluding hydrogens is 1520 g/mol. The molecule has 0 saturated heterocycles. The first-order chi connectivity index (χ1) is 48.3. The highest BCUT2D eigenvalue weighted by molar-refractivity contribution is 7.87. The number of hydrogen-bond acceptors (Lipinski definition) is 27. The number of rotatable bonds is 19. The Kier molecular flexibility index (Phi) is 19.8. The Morgan fingerprint density at radius 1 is 0.388 bits per heavy atom. The molecule has 0 fully saturated rings.